The topological polar surface area (TPSA) is 75.4 Å². The number of nitro benzene ring substituents is 1. The minimum Gasteiger partial charge on any atom is -0.627 e. The summed E-state index contributed by atoms with van der Waals surface area (Å²) in [5.41, 5.74) is 1.76. The van der Waals surface area contributed by atoms with Crippen molar-refractivity contribution in [2.75, 3.05) is 32.5 Å². The van der Waals surface area contributed by atoms with Crippen molar-refractivity contribution < 1.29 is 9.66 Å². The van der Waals surface area contributed by atoms with E-state index in [1.54, 1.807) is 6.07 Å². The van der Waals surface area contributed by atoms with Gasteiger partial charge in [-0.25, -0.2) is 0 Å². The lowest BCUT2D eigenvalue weighted by Crippen LogP contribution is -2.50. The maximum absolute atomic E-state index is 13.2. The number of ether oxygens (including phenoxy) is 1. The third-order valence-electron chi connectivity index (χ3n) is 4.63. The summed E-state index contributed by atoms with van der Waals surface area (Å²) in [7, 11) is 1.21. The number of quaternary nitrogens is 1. The molecule has 1 fully saturated rings. The highest BCUT2D eigenvalue weighted by atomic mass is 31.1. The Morgan fingerprint density at radius 3 is 2.44 bits per heavy atom. The van der Waals surface area contributed by atoms with Gasteiger partial charge >= 0.3 is 5.69 Å². The zero-order valence-electron chi connectivity index (χ0n) is 14.1. The van der Waals surface area contributed by atoms with Crippen LogP contribution < -0.4 is 9.38 Å². The second-order valence-electron chi connectivity index (χ2n) is 6.21. The highest BCUT2D eigenvalue weighted by Gasteiger charge is 2.30. The lowest BCUT2D eigenvalue weighted by Gasteiger charge is -2.47. The van der Waals surface area contributed by atoms with E-state index in [2.05, 4.69) is 12.1 Å². The lowest BCUT2D eigenvalue weighted by molar-refractivity contribution is -0.385. The summed E-state index contributed by atoms with van der Waals surface area (Å²) in [6.07, 6.45) is 2.87. The van der Waals surface area contributed by atoms with Crippen molar-refractivity contribution in [2.24, 2.45) is 0 Å². The first-order valence-electron chi connectivity index (χ1n) is 8.19. The van der Waals surface area contributed by atoms with Crippen LogP contribution in [0.1, 0.15) is 5.56 Å². The molecule has 2 aromatic rings. The summed E-state index contributed by atoms with van der Waals surface area (Å²) in [5, 5.41) is 24.2. The zero-order chi connectivity index (χ0) is 17.9. The number of methoxy groups -OCH3 is 1. The fourth-order valence-corrected chi connectivity index (χ4v) is 5.64. The van der Waals surface area contributed by atoms with E-state index in [1.807, 2.05) is 18.2 Å². The van der Waals surface area contributed by atoms with E-state index >= 15 is 0 Å². The number of nitrogens with zero attached hydrogens (tertiary/aromatic N) is 2. The summed E-state index contributed by atoms with van der Waals surface area (Å²) < 4.78 is 4.67. The van der Waals surface area contributed by atoms with Gasteiger partial charge in [0.15, 0.2) is 0 Å². The van der Waals surface area contributed by atoms with Crippen LogP contribution >= 0.6 is 7.92 Å². The molecule has 1 heterocycles. The van der Waals surface area contributed by atoms with Gasteiger partial charge in [-0.2, -0.15) is 0 Å². The van der Waals surface area contributed by atoms with Crippen LogP contribution in [0, 0.1) is 15.3 Å². The Labute approximate surface area is 148 Å². The molecule has 0 N–H and O–H groups in total. The molecule has 0 bridgehead atoms. The quantitative estimate of drug-likeness (QED) is 0.264. The Hall–Kier alpha value is -2.01. The van der Waals surface area contributed by atoms with E-state index in [0.29, 0.717) is 18.8 Å². The predicted octanol–water partition coefficient (Wildman–Crippen LogP) is 4.10. The molecule has 2 aromatic carbocycles. The molecule has 25 heavy (non-hydrogen) atoms. The highest BCUT2D eigenvalue weighted by molar-refractivity contribution is 7.57. The summed E-state index contributed by atoms with van der Waals surface area (Å²) in [6.45, 7) is 1.03. The zero-order valence-corrected chi connectivity index (χ0v) is 15.0. The van der Waals surface area contributed by atoms with Crippen LogP contribution in [0.25, 0.3) is 0 Å². The minimum atomic E-state index is -0.493. The molecule has 0 aromatic heterocycles. The van der Waals surface area contributed by atoms with E-state index in [-0.39, 0.29) is 19.4 Å². The van der Waals surface area contributed by atoms with Crippen LogP contribution in [-0.2, 0) is 6.16 Å². The minimum absolute atomic E-state index is 0.110. The molecule has 3 rings (SSSR count). The smallest absolute Gasteiger partial charge is 0.311 e. The molecule has 0 atom stereocenters. The number of nitro groups is 1. The number of benzene rings is 2. The summed E-state index contributed by atoms with van der Waals surface area (Å²) >= 11 is 0. The van der Waals surface area contributed by atoms with E-state index < -0.39 is 9.57 Å². The SMILES string of the molecule is COc1cc([N+]2([O-])CCP(Cc3ccccc3)CC2)ccc1[N+](=O)[O-]. The van der Waals surface area contributed by atoms with Crippen molar-refractivity contribution in [2.45, 2.75) is 6.16 Å². The van der Waals surface area contributed by atoms with Crippen molar-refractivity contribution >= 4 is 19.3 Å². The van der Waals surface area contributed by atoms with Gasteiger partial charge < -0.3 is 14.6 Å². The Morgan fingerprint density at radius 1 is 1.16 bits per heavy atom. The average molecular weight is 360 g/mol. The van der Waals surface area contributed by atoms with Crippen LogP contribution in [0.3, 0.4) is 0 Å². The maximum Gasteiger partial charge on any atom is 0.311 e. The van der Waals surface area contributed by atoms with E-state index in [9.17, 15) is 15.3 Å². The van der Waals surface area contributed by atoms with Gasteiger partial charge in [-0.05, 0) is 11.7 Å². The molecule has 1 aliphatic heterocycles. The van der Waals surface area contributed by atoms with Crippen LogP contribution in [-0.4, -0.2) is 37.4 Å². The third kappa shape index (κ3) is 3.98. The molecule has 0 unspecified atom stereocenters. The van der Waals surface area contributed by atoms with Crippen LogP contribution in [0.5, 0.6) is 5.75 Å². The monoisotopic (exact) mass is 360 g/mol. The van der Waals surface area contributed by atoms with Gasteiger partial charge in [0.05, 0.1) is 25.1 Å². The molecule has 0 radical (unpaired) electrons. The summed E-state index contributed by atoms with van der Waals surface area (Å²) in [6, 6.07) is 14.8. The van der Waals surface area contributed by atoms with Gasteiger partial charge in [0.1, 0.15) is 5.69 Å². The van der Waals surface area contributed by atoms with E-state index in [4.69, 9.17) is 4.74 Å². The first kappa shape index (κ1) is 17.8. The Balaban J connectivity index is 1.71. The number of hydrogen-bond donors (Lipinski definition) is 0. The molecule has 1 aliphatic rings. The molecular weight excluding hydrogens is 339 g/mol. The third-order valence-corrected chi connectivity index (χ3v) is 7.11. The molecule has 0 aliphatic carbocycles. The maximum atomic E-state index is 13.2. The Kier molecular flexibility index (Phi) is 5.33. The molecule has 132 valence electrons. The van der Waals surface area contributed by atoms with Gasteiger partial charge in [0.2, 0.25) is 5.75 Å². The normalized spacial score (nSPS) is 23.2. The lowest BCUT2D eigenvalue weighted by atomic mass is 10.2. The molecule has 1 saturated heterocycles. The Morgan fingerprint density at radius 2 is 1.84 bits per heavy atom. The fraction of sp³-hybridized carbons (Fsp3) is 0.333. The van der Waals surface area contributed by atoms with Crippen molar-refractivity contribution in [3.05, 3.63) is 69.4 Å². The van der Waals surface area contributed by atoms with Gasteiger partial charge in [-0.3, -0.25) is 10.1 Å². The van der Waals surface area contributed by atoms with Crippen molar-refractivity contribution in [3.63, 3.8) is 0 Å². The Bertz CT molecular complexity index is 746. The molecule has 0 spiro atoms. The second-order valence-corrected chi connectivity index (χ2v) is 8.76. The number of hydrogen-bond acceptors (Lipinski definition) is 4. The number of hydroxylamine groups is 2. The van der Waals surface area contributed by atoms with E-state index in [1.165, 1.54) is 24.8 Å². The number of rotatable bonds is 5. The first-order valence-corrected chi connectivity index (χ1v) is 10.1. The highest BCUT2D eigenvalue weighted by Crippen LogP contribution is 2.45. The molecule has 0 saturated carbocycles. The van der Waals surface area contributed by atoms with Gasteiger partial charge in [-0.15, -0.1) is 0 Å². The predicted molar refractivity (Wildman–Crippen MR) is 101 cm³/mol. The fourth-order valence-electron chi connectivity index (χ4n) is 3.16. The van der Waals surface area contributed by atoms with E-state index in [0.717, 1.165) is 18.5 Å². The van der Waals surface area contributed by atoms with Crippen molar-refractivity contribution in [1.82, 2.24) is 4.65 Å². The van der Waals surface area contributed by atoms with Crippen LogP contribution in [0.15, 0.2) is 48.5 Å². The van der Waals surface area contributed by atoms with Crippen LogP contribution in [0.4, 0.5) is 11.4 Å². The van der Waals surface area contributed by atoms with Crippen LogP contribution in [0.2, 0.25) is 0 Å². The summed E-state index contributed by atoms with van der Waals surface area (Å²) in [5.74, 6) is 0.146. The average Bonchev–Trinajstić information content (AvgIpc) is 2.64. The molecule has 0 amide bonds. The first-order chi connectivity index (χ1) is 12.0. The van der Waals surface area contributed by atoms with Gasteiger partial charge in [0, 0.05) is 30.5 Å². The van der Waals surface area contributed by atoms with Gasteiger partial charge in [-0.1, -0.05) is 38.3 Å². The second kappa shape index (κ2) is 7.48. The van der Waals surface area contributed by atoms with Crippen molar-refractivity contribution in [1.29, 1.82) is 0 Å². The summed E-state index contributed by atoms with van der Waals surface area (Å²) in [4.78, 5) is 10.5. The standard InChI is InChI=1S/C18H21N2O4P/c1-24-18-13-16(7-8-17(18)19(21)22)20(23)9-11-25(12-10-20)14-15-5-3-2-4-6-15/h2-8,13H,9-12,14H2,1H3. The molecule has 7 heteroatoms. The largest absolute Gasteiger partial charge is 0.627 e. The molecular formula is C18H21N2O4P. The van der Waals surface area contributed by atoms with Crippen molar-refractivity contribution in [3.8, 4) is 5.75 Å². The molecule has 6 nitrogen and oxygen atoms in total. The van der Waals surface area contributed by atoms with Gasteiger partial charge in [0.25, 0.3) is 0 Å².